The predicted molar refractivity (Wildman–Crippen MR) is 88.2 cm³/mol. The number of amides is 1. The number of benzene rings is 1. The van der Waals surface area contributed by atoms with Crippen LogP contribution in [0.25, 0.3) is 0 Å². The van der Waals surface area contributed by atoms with Gasteiger partial charge in [0.15, 0.2) is 11.5 Å². The van der Waals surface area contributed by atoms with Crippen LogP contribution in [0.15, 0.2) is 30.6 Å². The van der Waals surface area contributed by atoms with E-state index in [0.717, 1.165) is 0 Å². The molecule has 2 rings (SSSR count). The zero-order valence-electron chi connectivity index (χ0n) is 13.9. The molecule has 0 radical (unpaired) electrons. The van der Waals surface area contributed by atoms with Crippen LogP contribution in [0.4, 0.5) is 0 Å². The lowest BCUT2D eigenvalue weighted by Gasteiger charge is -2.15. The Morgan fingerprint density at radius 1 is 1.21 bits per heavy atom. The normalized spacial score (nSPS) is 11.7. The van der Waals surface area contributed by atoms with Crippen molar-refractivity contribution in [3.63, 3.8) is 0 Å². The van der Waals surface area contributed by atoms with E-state index in [0.29, 0.717) is 34.9 Å². The van der Waals surface area contributed by atoms with Gasteiger partial charge in [-0.3, -0.25) is 4.79 Å². The van der Waals surface area contributed by atoms with E-state index >= 15 is 0 Å². The van der Waals surface area contributed by atoms with Gasteiger partial charge in [0.25, 0.3) is 5.91 Å². The maximum Gasteiger partial charge on any atom is 0.254 e. The fourth-order valence-corrected chi connectivity index (χ4v) is 2.12. The highest BCUT2D eigenvalue weighted by Crippen LogP contribution is 2.29. The second-order valence-electron chi connectivity index (χ2n) is 5.08. The quantitative estimate of drug-likeness (QED) is 0.799. The van der Waals surface area contributed by atoms with Gasteiger partial charge in [0.05, 0.1) is 25.9 Å². The van der Waals surface area contributed by atoms with Crippen LogP contribution < -0.4 is 14.8 Å². The van der Waals surface area contributed by atoms with Gasteiger partial charge in [0.1, 0.15) is 5.82 Å². The molecule has 0 bridgehead atoms. The average molecular weight is 331 g/mol. The van der Waals surface area contributed by atoms with Gasteiger partial charge in [-0.05, 0) is 17.7 Å². The van der Waals surface area contributed by atoms with Crippen LogP contribution in [0.2, 0.25) is 0 Å². The fourth-order valence-electron chi connectivity index (χ4n) is 2.12. The summed E-state index contributed by atoms with van der Waals surface area (Å²) in [5.41, 5.74) is 0.970. The van der Waals surface area contributed by atoms with Crippen molar-refractivity contribution in [2.45, 2.75) is 19.4 Å². The molecule has 0 aliphatic rings. The number of hydrogen-bond acceptors (Lipinski definition) is 6. The molecular formula is C17H21N3O4. The highest BCUT2D eigenvalue weighted by atomic mass is 16.5. The molecule has 1 amide bonds. The smallest absolute Gasteiger partial charge is 0.254 e. The molecule has 7 nitrogen and oxygen atoms in total. The minimum atomic E-state index is -0.871. The summed E-state index contributed by atoms with van der Waals surface area (Å²) in [7, 11) is 3.07. The number of rotatable bonds is 7. The molecule has 0 saturated carbocycles. The standard InChI is InChI=1S/C17H21N3O4/c1-4-16-18-8-12(9-19-16)17(22)20-10-13(21)11-5-6-14(23-2)15(7-11)24-3/h5-9,13,21H,4,10H2,1-3H3,(H,20,22)/t13-/m1/s1. The van der Waals surface area contributed by atoms with E-state index in [9.17, 15) is 9.90 Å². The summed E-state index contributed by atoms with van der Waals surface area (Å²) in [6.45, 7) is 2.00. The first-order chi connectivity index (χ1) is 11.6. The van der Waals surface area contributed by atoms with Gasteiger partial charge in [0.2, 0.25) is 0 Å². The number of ether oxygens (including phenoxy) is 2. The third-order valence-corrected chi connectivity index (χ3v) is 3.53. The van der Waals surface area contributed by atoms with Crippen molar-refractivity contribution in [3.8, 4) is 11.5 Å². The van der Waals surface area contributed by atoms with Gasteiger partial charge < -0.3 is 19.9 Å². The van der Waals surface area contributed by atoms with Gasteiger partial charge in [0, 0.05) is 25.4 Å². The molecule has 1 atom stereocenters. The monoisotopic (exact) mass is 331 g/mol. The van der Waals surface area contributed by atoms with Gasteiger partial charge in [-0.2, -0.15) is 0 Å². The first-order valence-corrected chi connectivity index (χ1v) is 7.58. The van der Waals surface area contributed by atoms with Gasteiger partial charge in [-0.25, -0.2) is 9.97 Å². The third kappa shape index (κ3) is 4.20. The maximum atomic E-state index is 12.1. The Kier molecular flexibility index (Phi) is 6.08. The maximum absolute atomic E-state index is 12.1. The number of carbonyl (C=O) groups is 1. The average Bonchev–Trinajstić information content (AvgIpc) is 2.65. The van der Waals surface area contributed by atoms with Crippen LogP contribution in [-0.2, 0) is 6.42 Å². The lowest BCUT2D eigenvalue weighted by molar-refractivity contribution is 0.0915. The molecule has 0 aliphatic heterocycles. The molecule has 0 fully saturated rings. The zero-order chi connectivity index (χ0) is 17.5. The summed E-state index contributed by atoms with van der Waals surface area (Å²) in [5.74, 6) is 1.43. The number of aryl methyl sites for hydroxylation is 1. The number of hydrogen-bond donors (Lipinski definition) is 2. The minimum Gasteiger partial charge on any atom is -0.493 e. The number of nitrogens with zero attached hydrogens (tertiary/aromatic N) is 2. The Labute approximate surface area is 140 Å². The number of aliphatic hydroxyl groups is 1. The molecule has 128 valence electrons. The second-order valence-corrected chi connectivity index (χ2v) is 5.08. The van der Waals surface area contributed by atoms with Crippen LogP contribution in [-0.4, -0.2) is 41.7 Å². The lowest BCUT2D eigenvalue weighted by Crippen LogP contribution is -2.28. The minimum absolute atomic E-state index is 0.0594. The second kappa shape index (κ2) is 8.26. The van der Waals surface area contributed by atoms with Crippen molar-refractivity contribution in [1.82, 2.24) is 15.3 Å². The van der Waals surface area contributed by atoms with E-state index in [1.54, 1.807) is 25.3 Å². The lowest BCUT2D eigenvalue weighted by atomic mass is 10.1. The number of aliphatic hydroxyl groups excluding tert-OH is 1. The number of nitrogens with one attached hydrogen (secondary N) is 1. The molecule has 2 aromatic rings. The molecule has 0 spiro atoms. The van der Waals surface area contributed by atoms with Gasteiger partial charge in [-0.15, -0.1) is 0 Å². The largest absolute Gasteiger partial charge is 0.493 e. The van der Waals surface area contributed by atoms with Crippen LogP contribution in [0.3, 0.4) is 0 Å². The highest BCUT2D eigenvalue weighted by Gasteiger charge is 2.14. The number of aromatic nitrogens is 2. The van der Waals surface area contributed by atoms with E-state index in [-0.39, 0.29) is 12.5 Å². The Bertz CT molecular complexity index is 689. The van der Waals surface area contributed by atoms with E-state index < -0.39 is 6.10 Å². The Morgan fingerprint density at radius 3 is 2.46 bits per heavy atom. The number of methoxy groups -OCH3 is 2. The molecule has 24 heavy (non-hydrogen) atoms. The topological polar surface area (TPSA) is 93.6 Å². The summed E-state index contributed by atoms with van der Waals surface area (Å²) in [6.07, 6.45) is 2.79. The molecule has 1 heterocycles. The summed E-state index contributed by atoms with van der Waals surface area (Å²) in [5, 5.41) is 12.9. The molecule has 0 aliphatic carbocycles. The van der Waals surface area contributed by atoms with E-state index in [1.807, 2.05) is 6.92 Å². The van der Waals surface area contributed by atoms with Gasteiger partial charge >= 0.3 is 0 Å². The summed E-state index contributed by atoms with van der Waals surface area (Å²) in [6, 6.07) is 5.10. The first kappa shape index (κ1) is 17.7. The highest BCUT2D eigenvalue weighted by molar-refractivity contribution is 5.93. The molecule has 1 aromatic heterocycles. The van der Waals surface area contributed by atoms with Crippen LogP contribution in [0.1, 0.15) is 34.8 Å². The summed E-state index contributed by atoms with van der Waals surface area (Å²) >= 11 is 0. The van der Waals surface area contributed by atoms with Gasteiger partial charge in [-0.1, -0.05) is 13.0 Å². The molecular weight excluding hydrogens is 310 g/mol. The Hall–Kier alpha value is -2.67. The third-order valence-electron chi connectivity index (χ3n) is 3.53. The predicted octanol–water partition coefficient (Wildman–Crippen LogP) is 1.52. The fraction of sp³-hybridized carbons (Fsp3) is 0.353. The van der Waals surface area contributed by atoms with E-state index in [2.05, 4.69) is 15.3 Å². The summed E-state index contributed by atoms with van der Waals surface area (Å²) < 4.78 is 10.4. The van der Waals surface area contributed by atoms with Crippen molar-refractivity contribution in [2.75, 3.05) is 20.8 Å². The van der Waals surface area contributed by atoms with Crippen LogP contribution in [0, 0.1) is 0 Å². The Morgan fingerprint density at radius 2 is 1.88 bits per heavy atom. The number of carbonyl (C=O) groups excluding carboxylic acids is 1. The summed E-state index contributed by atoms with van der Waals surface area (Å²) in [4.78, 5) is 20.2. The molecule has 1 aromatic carbocycles. The molecule has 2 N–H and O–H groups in total. The van der Waals surface area contributed by atoms with Crippen LogP contribution in [0.5, 0.6) is 11.5 Å². The SMILES string of the molecule is CCc1ncc(C(=O)NC[C@@H](O)c2ccc(OC)c(OC)c2)cn1. The van der Waals surface area contributed by atoms with Crippen molar-refractivity contribution in [3.05, 3.63) is 47.5 Å². The molecule has 0 unspecified atom stereocenters. The van der Waals surface area contributed by atoms with Crippen molar-refractivity contribution in [1.29, 1.82) is 0 Å². The van der Waals surface area contributed by atoms with Crippen molar-refractivity contribution < 1.29 is 19.4 Å². The Balaban J connectivity index is 1.99. The zero-order valence-corrected chi connectivity index (χ0v) is 13.9. The molecule has 0 saturated heterocycles. The van der Waals surface area contributed by atoms with Crippen LogP contribution >= 0.6 is 0 Å². The van der Waals surface area contributed by atoms with E-state index in [1.165, 1.54) is 19.5 Å². The first-order valence-electron chi connectivity index (χ1n) is 7.58. The van der Waals surface area contributed by atoms with Crippen molar-refractivity contribution in [2.24, 2.45) is 0 Å². The molecule has 7 heteroatoms. The van der Waals surface area contributed by atoms with Crippen molar-refractivity contribution >= 4 is 5.91 Å². The van der Waals surface area contributed by atoms with E-state index in [4.69, 9.17) is 9.47 Å².